The minimum atomic E-state index is 0.116. The van der Waals surface area contributed by atoms with E-state index in [9.17, 15) is 0 Å². The quantitative estimate of drug-likeness (QED) is 0.917. The highest BCUT2D eigenvalue weighted by Crippen LogP contribution is 2.28. The van der Waals surface area contributed by atoms with Gasteiger partial charge in [0.25, 0.3) is 0 Å². The van der Waals surface area contributed by atoms with Gasteiger partial charge in [-0.3, -0.25) is 0 Å². The molecule has 1 unspecified atom stereocenters. The van der Waals surface area contributed by atoms with E-state index in [0.29, 0.717) is 27.5 Å². The van der Waals surface area contributed by atoms with E-state index in [1.807, 2.05) is 0 Å². The number of rotatable bonds is 2. The van der Waals surface area contributed by atoms with E-state index in [1.54, 1.807) is 6.07 Å². The van der Waals surface area contributed by atoms with Crippen molar-refractivity contribution in [3.8, 4) is 11.5 Å². The maximum absolute atomic E-state index is 6.10. The number of hydrogen-bond donors (Lipinski definition) is 1. The van der Waals surface area contributed by atoms with Gasteiger partial charge in [0.2, 0.25) is 11.7 Å². The van der Waals surface area contributed by atoms with Gasteiger partial charge in [0.15, 0.2) is 0 Å². The molecule has 0 amide bonds. The summed E-state index contributed by atoms with van der Waals surface area (Å²) in [4.78, 5) is 8.56. The lowest BCUT2D eigenvalue weighted by atomic mass is 10.1. The molecule has 0 aliphatic carbocycles. The van der Waals surface area contributed by atoms with Crippen molar-refractivity contribution in [2.75, 3.05) is 6.54 Å². The topological polar surface area (TPSA) is 63.8 Å². The van der Waals surface area contributed by atoms with Crippen LogP contribution in [-0.4, -0.2) is 21.7 Å². The van der Waals surface area contributed by atoms with Gasteiger partial charge in [0, 0.05) is 6.20 Å². The van der Waals surface area contributed by atoms with Gasteiger partial charge in [0.1, 0.15) is 5.69 Å². The highest BCUT2D eigenvalue weighted by Gasteiger charge is 2.21. The first-order chi connectivity index (χ1) is 9.74. The Kier molecular flexibility index (Phi) is 4.19. The maximum Gasteiger partial charge on any atom is 0.244 e. The summed E-state index contributed by atoms with van der Waals surface area (Å²) in [5.74, 6) is 0.988. The molecule has 0 spiro atoms. The first-order valence-electron chi connectivity index (χ1n) is 6.62. The molecular formula is C13H14Cl2N4O. The fraction of sp³-hybridized carbons (Fsp3) is 0.462. The van der Waals surface area contributed by atoms with Crippen LogP contribution in [0.5, 0.6) is 0 Å². The summed E-state index contributed by atoms with van der Waals surface area (Å²) >= 11 is 11.9. The highest BCUT2D eigenvalue weighted by molar-refractivity contribution is 6.35. The number of nitrogens with one attached hydrogen (secondary N) is 1. The second kappa shape index (κ2) is 6.08. The van der Waals surface area contributed by atoms with Gasteiger partial charge in [0.05, 0.1) is 16.1 Å². The zero-order chi connectivity index (χ0) is 13.9. The third kappa shape index (κ3) is 2.95. The second-order valence-corrected chi connectivity index (χ2v) is 5.64. The molecule has 2 aromatic rings. The summed E-state index contributed by atoms with van der Waals surface area (Å²) in [6.07, 6.45) is 6.10. The van der Waals surface area contributed by atoms with Crippen LogP contribution in [0.15, 0.2) is 16.8 Å². The molecule has 3 heterocycles. The van der Waals surface area contributed by atoms with Crippen molar-refractivity contribution in [2.45, 2.75) is 31.7 Å². The van der Waals surface area contributed by atoms with Crippen LogP contribution in [0, 0.1) is 0 Å². The predicted molar refractivity (Wildman–Crippen MR) is 76.8 cm³/mol. The van der Waals surface area contributed by atoms with Crippen molar-refractivity contribution in [1.82, 2.24) is 20.4 Å². The Morgan fingerprint density at radius 1 is 1.25 bits per heavy atom. The van der Waals surface area contributed by atoms with Gasteiger partial charge >= 0.3 is 0 Å². The second-order valence-electron chi connectivity index (χ2n) is 4.80. The zero-order valence-corrected chi connectivity index (χ0v) is 12.3. The van der Waals surface area contributed by atoms with Crippen molar-refractivity contribution >= 4 is 23.2 Å². The van der Waals surface area contributed by atoms with Crippen molar-refractivity contribution in [3.63, 3.8) is 0 Å². The van der Waals surface area contributed by atoms with Crippen molar-refractivity contribution in [2.24, 2.45) is 0 Å². The number of pyridine rings is 1. The maximum atomic E-state index is 6.10. The molecule has 20 heavy (non-hydrogen) atoms. The lowest BCUT2D eigenvalue weighted by molar-refractivity contribution is 0.327. The van der Waals surface area contributed by atoms with E-state index in [0.717, 1.165) is 19.4 Å². The summed E-state index contributed by atoms with van der Waals surface area (Å²) in [5, 5.41) is 8.28. The summed E-state index contributed by atoms with van der Waals surface area (Å²) in [6.45, 7) is 0.975. The van der Waals surface area contributed by atoms with E-state index >= 15 is 0 Å². The predicted octanol–water partition coefficient (Wildman–Crippen LogP) is 3.64. The summed E-state index contributed by atoms with van der Waals surface area (Å²) in [6, 6.07) is 1.73. The SMILES string of the molecule is Clc1cnc(-c2noc(C3CCCCCN3)n2)c(Cl)c1. The lowest BCUT2D eigenvalue weighted by Crippen LogP contribution is -2.20. The Morgan fingerprint density at radius 3 is 3.00 bits per heavy atom. The van der Waals surface area contributed by atoms with Gasteiger partial charge in [-0.05, 0) is 25.5 Å². The van der Waals surface area contributed by atoms with E-state index in [2.05, 4.69) is 20.4 Å². The molecular weight excluding hydrogens is 299 g/mol. The van der Waals surface area contributed by atoms with Gasteiger partial charge in [-0.1, -0.05) is 41.2 Å². The Labute approximate surface area is 126 Å². The van der Waals surface area contributed by atoms with Crippen LogP contribution in [0.3, 0.4) is 0 Å². The molecule has 1 atom stereocenters. The van der Waals surface area contributed by atoms with Crippen molar-refractivity contribution in [1.29, 1.82) is 0 Å². The average Bonchev–Trinajstić information content (AvgIpc) is 2.74. The van der Waals surface area contributed by atoms with E-state index in [4.69, 9.17) is 27.7 Å². The number of hydrogen-bond acceptors (Lipinski definition) is 5. The monoisotopic (exact) mass is 312 g/mol. The van der Waals surface area contributed by atoms with E-state index in [1.165, 1.54) is 19.0 Å². The van der Waals surface area contributed by atoms with E-state index < -0.39 is 0 Å². The molecule has 106 valence electrons. The first kappa shape index (κ1) is 13.8. The highest BCUT2D eigenvalue weighted by atomic mass is 35.5. The minimum absolute atomic E-state index is 0.116. The summed E-state index contributed by atoms with van der Waals surface area (Å²) in [7, 11) is 0. The number of halogens is 2. The molecule has 0 radical (unpaired) electrons. The largest absolute Gasteiger partial charge is 0.337 e. The molecule has 1 fully saturated rings. The molecule has 1 aliphatic rings. The van der Waals surface area contributed by atoms with Crippen molar-refractivity contribution < 1.29 is 4.52 Å². The average molecular weight is 313 g/mol. The van der Waals surface area contributed by atoms with Crippen molar-refractivity contribution in [3.05, 3.63) is 28.2 Å². The lowest BCUT2D eigenvalue weighted by Gasteiger charge is -2.09. The standard InChI is InChI=1S/C13H14Cl2N4O/c14-8-6-9(15)11(17-7-8)12-18-13(20-19-12)10-4-2-1-3-5-16-10/h6-7,10,16H,1-5H2. The summed E-state index contributed by atoms with van der Waals surface area (Å²) < 4.78 is 5.34. The fourth-order valence-electron chi connectivity index (χ4n) is 2.29. The van der Waals surface area contributed by atoms with Crippen LogP contribution in [0.25, 0.3) is 11.5 Å². The van der Waals surface area contributed by atoms with Crippen LogP contribution in [0.1, 0.15) is 37.6 Å². The van der Waals surface area contributed by atoms with Crippen LogP contribution in [-0.2, 0) is 0 Å². The first-order valence-corrected chi connectivity index (χ1v) is 7.38. The van der Waals surface area contributed by atoms with E-state index in [-0.39, 0.29) is 6.04 Å². The minimum Gasteiger partial charge on any atom is -0.337 e. The van der Waals surface area contributed by atoms with Crippen LogP contribution < -0.4 is 5.32 Å². The molecule has 0 aromatic carbocycles. The molecule has 0 saturated carbocycles. The van der Waals surface area contributed by atoms with Gasteiger partial charge in [-0.2, -0.15) is 4.98 Å². The van der Waals surface area contributed by atoms with Gasteiger partial charge in [-0.15, -0.1) is 0 Å². The smallest absolute Gasteiger partial charge is 0.244 e. The molecule has 1 aliphatic heterocycles. The van der Waals surface area contributed by atoms with Crippen LogP contribution in [0.2, 0.25) is 10.0 Å². The third-order valence-corrected chi connectivity index (χ3v) is 3.81. The van der Waals surface area contributed by atoms with Crippen LogP contribution >= 0.6 is 23.2 Å². The van der Waals surface area contributed by atoms with Crippen LogP contribution in [0.4, 0.5) is 0 Å². The Bertz CT molecular complexity index is 594. The number of nitrogens with zero attached hydrogens (tertiary/aromatic N) is 3. The molecule has 1 N–H and O–H groups in total. The third-order valence-electron chi connectivity index (χ3n) is 3.32. The fourth-order valence-corrected chi connectivity index (χ4v) is 2.76. The molecule has 2 aromatic heterocycles. The Hall–Kier alpha value is -1.17. The molecule has 5 nitrogen and oxygen atoms in total. The van der Waals surface area contributed by atoms with Gasteiger partial charge < -0.3 is 9.84 Å². The number of aromatic nitrogens is 3. The Morgan fingerprint density at radius 2 is 2.15 bits per heavy atom. The normalized spacial score (nSPS) is 19.8. The summed E-state index contributed by atoms with van der Waals surface area (Å²) in [5.41, 5.74) is 0.486. The molecule has 1 saturated heterocycles. The zero-order valence-electron chi connectivity index (χ0n) is 10.8. The Balaban J connectivity index is 1.85. The molecule has 7 heteroatoms. The molecule has 3 rings (SSSR count). The van der Waals surface area contributed by atoms with Gasteiger partial charge in [-0.25, -0.2) is 4.98 Å². The molecule has 0 bridgehead atoms.